The number of hydrogen-bond donors (Lipinski definition) is 1. The van der Waals surface area contributed by atoms with E-state index in [1.54, 1.807) is 6.07 Å². The molecule has 1 heterocycles. The Kier molecular flexibility index (Phi) is 6.98. The van der Waals surface area contributed by atoms with Crippen LogP contribution in [0, 0.1) is 0 Å². The quantitative estimate of drug-likeness (QED) is 0.262. The largest absolute Gasteiger partial charge is 0.491 e. The molecule has 0 fully saturated rings. The summed E-state index contributed by atoms with van der Waals surface area (Å²) in [5, 5.41) is 13.1. The van der Waals surface area contributed by atoms with Gasteiger partial charge in [-0.25, -0.2) is 8.42 Å². The van der Waals surface area contributed by atoms with Gasteiger partial charge in [-0.1, -0.05) is 60.1 Å². The molecule has 0 aliphatic heterocycles. The van der Waals surface area contributed by atoms with Gasteiger partial charge in [0.05, 0.1) is 4.90 Å². The Morgan fingerprint density at radius 2 is 1.56 bits per heavy atom. The van der Waals surface area contributed by atoms with Crippen LogP contribution in [-0.4, -0.2) is 37.1 Å². The molecule has 1 N–H and O–H groups in total. The van der Waals surface area contributed by atoms with Crippen LogP contribution < -0.4 is 4.74 Å². The average molecular weight is 522 g/mol. The number of aliphatic hydroxyl groups excluding tert-OH is 1. The summed E-state index contributed by atoms with van der Waals surface area (Å²) in [5.74, 6) is 0.559. The van der Waals surface area contributed by atoms with Crippen molar-refractivity contribution < 1.29 is 22.7 Å². The molecule has 5 rings (SSSR count). The Labute approximate surface area is 214 Å². The molecule has 0 amide bonds. The normalized spacial score (nSPS) is 12.9. The van der Waals surface area contributed by atoms with E-state index in [9.17, 15) is 13.5 Å². The molecule has 0 aliphatic carbocycles. The van der Waals surface area contributed by atoms with E-state index in [4.69, 9.17) is 20.8 Å². The Morgan fingerprint density at radius 3 is 2.33 bits per heavy atom. The highest BCUT2D eigenvalue weighted by molar-refractivity contribution is 7.89. The van der Waals surface area contributed by atoms with E-state index in [2.05, 4.69) is 0 Å². The minimum atomic E-state index is -3.89. The monoisotopic (exact) mass is 521 g/mol. The van der Waals surface area contributed by atoms with Gasteiger partial charge in [0.1, 0.15) is 29.6 Å². The lowest BCUT2D eigenvalue weighted by Gasteiger charge is -2.25. The van der Waals surface area contributed by atoms with Gasteiger partial charge < -0.3 is 14.3 Å². The van der Waals surface area contributed by atoms with Crippen molar-refractivity contribution in [2.24, 2.45) is 0 Å². The van der Waals surface area contributed by atoms with Crippen molar-refractivity contribution in [1.29, 1.82) is 0 Å². The lowest BCUT2D eigenvalue weighted by Crippen LogP contribution is -2.39. The van der Waals surface area contributed by atoms with Gasteiger partial charge in [0.2, 0.25) is 10.0 Å². The second-order valence-electron chi connectivity index (χ2n) is 8.46. The zero-order valence-electron chi connectivity index (χ0n) is 19.2. The molecule has 8 heteroatoms. The zero-order valence-corrected chi connectivity index (χ0v) is 20.8. The number of sulfonamides is 1. The van der Waals surface area contributed by atoms with Gasteiger partial charge in [-0.05, 0) is 54.1 Å². The third-order valence-electron chi connectivity index (χ3n) is 5.86. The van der Waals surface area contributed by atoms with E-state index in [1.807, 2.05) is 66.7 Å². The first-order chi connectivity index (χ1) is 17.4. The summed E-state index contributed by atoms with van der Waals surface area (Å²) in [4.78, 5) is 0.105. The zero-order chi connectivity index (χ0) is 25.1. The van der Waals surface area contributed by atoms with Crippen LogP contribution in [0.3, 0.4) is 0 Å². The van der Waals surface area contributed by atoms with Crippen molar-refractivity contribution in [2.45, 2.75) is 17.5 Å². The summed E-state index contributed by atoms with van der Waals surface area (Å²) in [6.45, 7) is -0.116. The van der Waals surface area contributed by atoms with E-state index in [-0.39, 0.29) is 24.6 Å². The second kappa shape index (κ2) is 10.3. The van der Waals surface area contributed by atoms with Crippen LogP contribution in [0.15, 0.2) is 106 Å². The first-order valence-corrected chi connectivity index (χ1v) is 13.2. The predicted molar refractivity (Wildman–Crippen MR) is 141 cm³/mol. The van der Waals surface area contributed by atoms with E-state index < -0.39 is 16.1 Å². The first-order valence-electron chi connectivity index (χ1n) is 11.4. The van der Waals surface area contributed by atoms with Gasteiger partial charge in [0, 0.05) is 28.9 Å². The fourth-order valence-electron chi connectivity index (χ4n) is 4.07. The Morgan fingerprint density at radius 1 is 0.861 bits per heavy atom. The Hall–Kier alpha value is -3.36. The lowest BCUT2D eigenvalue weighted by molar-refractivity contribution is 0.0881. The summed E-state index contributed by atoms with van der Waals surface area (Å²) < 4.78 is 39.8. The molecule has 0 radical (unpaired) electrons. The number of fused-ring (bicyclic) bond motifs is 3. The minimum absolute atomic E-state index is 0.0806. The molecule has 0 saturated heterocycles. The number of hydrogen-bond acceptors (Lipinski definition) is 5. The number of rotatable bonds is 9. The number of ether oxygens (including phenoxy) is 1. The van der Waals surface area contributed by atoms with E-state index in [0.29, 0.717) is 10.8 Å². The van der Waals surface area contributed by atoms with Gasteiger partial charge in [-0.2, -0.15) is 4.31 Å². The Bertz CT molecular complexity index is 1580. The van der Waals surface area contributed by atoms with Crippen LogP contribution in [0.25, 0.3) is 21.9 Å². The van der Waals surface area contributed by atoms with Gasteiger partial charge in [0.15, 0.2) is 0 Å². The smallest absolute Gasteiger partial charge is 0.243 e. The highest BCUT2D eigenvalue weighted by Gasteiger charge is 2.27. The number of para-hydroxylation sites is 1. The average Bonchev–Trinajstić information content (AvgIpc) is 3.26. The lowest BCUT2D eigenvalue weighted by atomic mass is 10.1. The number of nitrogens with zero attached hydrogens (tertiary/aromatic N) is 1. The molecule has 0 unspecified atom stereocenters. The van der Waals surface area contributed by atoms with Gasteiger partial charge >= 0.3 is 0 Å². The third-order valence-corrected chi connectivity index (χ3v) is 7.94. The highest BCUT2D eigenvalue weighted by Crippen LogP contribution is 2.31. The maximum absolute atomic E-state index is 13.4. The molecule has 1 atom stereocenters. The summed E-state index contributed by atoms with van der Waals surface area (Å²) in [6, 6.07) is 28.4. The molecular formula is C28H24ClNO5S. The minimum Gasteiger partial charge on any atom is -0.491 e. The second-order valence-corrected chi connectivity index (χ2v) is 10.8. The molecule has 0 aliphatic rings. The van der Waals surface area contributed by atoms with E-state index >= 15 is 0 Å². The summed E-state index contributed by atoms with van der Waals surface area (Å²) in [6.07, 6.45) is -1.06. The molecular weight excluding hydrogens is 498 g/mol. The molecule has 6 nitrogen and oxygen atoms in total. The first kappa shape index (κ1) is 24.3. The van der Waals surface area contributed by atoms with Crippen LogP contribution in [0.5, 0.6) is 5.75 Å². The predicted octanol–water partition coefficient (Wildman–Crippen LogP) is 5.87. The third kappa shape index (κ3) is 5.24. The van der Waals surface area contributed by atoms with E-state index in [1.165, 1.54) is 28.6 Å². The molecule has 0 bridgehead atoms. The summed E-state index contributed by atoms with van der Waals surface area (Å²) >= 11 is 5.95. The Balaban J connectivity index is 1.34. The number of halogens is 1. The van der Waals surface area contributed by atoms with Crippen molar-refractivity contribution in [1.82, 2.24) is 4.31 Å². The van der Waals surface area contributed by atoms with Crippen molar-refractivity contribution >= 4 is 43.6 Å². The van der Waals surface area contributed by atoms with Crippen LogP contribution in [0.1, 0.15) is 5.56 Å². The van der Waals surface area contributed by atoms with Crippen molar-refractivity contribution in [3.05, 3.63) is 108 Å². The number of benzene rings is 4. The molecule has 0 saturated carbocycles. The van der Waals surface area contributed by atoms with E-state index in [0.717, 1.165) is 27.5 Å². The number of aliphatic hydroxyl groups is 1. The van der Waals surface area contributed by atoms with Gasteiger partial charge in [-0.15, -0.1) is 0 Å². The standard InChI is InChI=1S/C28H24ClNO5S/c29-21-10-13-24(14-11-21)36(32,33)30(17-20-6-2-1-3-7-20)18-22(31)19-34-23-12-15-28-26(16-23)25-8-4-5-9-27(25)35-28/h1-16,22,31H,17-19H2/t22-/m1/s1. The van der Waals surface area contributed by atoms with Crippen LogP contribution in [-0.2, 0) is 16.6 Å². The molecule has 5 aromatic rings. The maximum Gasteiger partial charge on any atom is 0.243 e. The SMILES string of the molecule is O=S(=O)(c1ccc(Cl)cc1)N(Cc1ccccc1)C[C@@H](O)COc1ccc2oc3ccccc3c2c1. The van der Waals surface area contributed by atoms with Crippen LogP contribution in [0.2, 0.25) is 5.02 Å². The molecule has 1 aromatic heterocycles. The van der Waals surface area contributed by atoms with Crippen molar-refractivity contribution in [2.75, 3.05) is 13.2 Å². The van der Waals surface area contributed by atoms with Crippen LogP contribution >= 0.6 is 11.6 Å². The van der Waals surface area contributed by atoms with Crippen molar-refractivity contribution in [3.8, 4) is 5.75 Å². The molecule has 184 valence electrons. The van der Waals surface area contributed by atoms with Crippen LogP contribution in [0.4, 0.5) is 0 Å². The molecule has 0 spiro atoms. The summed E-state index contributed by atoms with van der Waals surface area (Å²) in [5.41, 5.74) is 2.33. The molecule has 4 aromatic carbocycles. The molecule has 36 heavy (non-hydrogen) atoms. The van der Waals surface area contributed by atoms with Gasteiger partial charge in [-0.3, -0.25) is 0 Å². The maximum atomic E-state index is 13.4. The highest BCUT2D eigenvalue weighted by atomic mass is 35.5. The fourth-order valence-corrected chi connectivity index (χ4v) is 5.66. The number of furan rings is 1. The topological polar surface area (TPSA) is 80.0 Å². The van der Waals surface area contributed by atoms with Crippen molar-refractivity contribution in [3.63, 3.8) is 0 Å². The van der Waals surface area contributed by atoms with Gasteiger partial charge in [0.25, 0.3) is 0 Å². The summed E-state index contributed by atoms with van der Waals surface area (Å²) in [7, 11) is -3.89. The fraction of sp³-hybridized carbons (Fsp3) is 0.143.